The molecule has 0 heterocycles. The molecule has 2 N–H and O–H groups in total. The summed E-state index contributed by atoms with van der Waals surface area (Å²) in [5.41, 5.74) is 8.55. The largest absolute Gasteiger partial charge is 0.398 e. The Hall–Kier alpha value is -1.50. The van der Waals surface area contributed by atoms with Crippen LogP contribution in [0.5, 0.6) is 0 Å². The Labute approximate surface area is 110 Å². The Morgan fingerprint density at radius 3 is 2.56 bits per heavy atom. The van der Waals surface area contributed by atoms with E-state index < -0.39 is 0 Å². The van der Waals surface area contributed by atoms with Crippen molar-refractivity contribution in [3.8, 4) is 0 Å². The molecule has 0 bridgehead atoms. The van der Waals surface area contributed by atoms with Crippen molar-refractivity contribution in [2.24, 2.45) is 0 Å². The van der Waals surface area contributed by atoms with Crippen molar-refractivity contribution in [3.63, 3.8) is 0 Å². The normalized spacial score (nSPS) is 12.8. The fraction of sp³-hybridized carbons (Fsp3) is 0.412. The second-order valence-corrected chi connectivity index (χ2v) is 5.04. The highest BCUT2D eigenvalue weighted by molar-refractivity contribution is 5.90. The van der Waals surface area contributed by atoms with Gasteiger partial charge in [0.15, 0.2) is 0 Å². The van der Waals surface area contributed by atoms with Gasteiger partial charge in [-0.15, -0.1) is 0 Å². The number of hydrogen-bond acceptors (Lipinski definition) is 1. The third-order valence-corrected chi connectivity index (χ3v) is 3.81. The lowest BCUT2D eigenvalue weighted by Crippen LogP contribution is -2.03. The van der Waals surface area contributed by atoms with Gasteiger partial charge < -0.3 is 5.73 Å². The molecule has 0 radical (unpaired) electrons. The zero-order valence-electron chi connectivity index (χ0n) is 11.4. The molecule has 0 saturated carbocycles. The zero-order chi connectivity index (χ0) is 13.0. The fourth-order valence-corrected chi connectivity index (χ4v) is 2.77. The molecule has 2 aromatic carbocycles. The highest BCUT2D eigenvalue weighted by Crippen LogP contribution is 2.35. The first-order chi connectivity index (χ1) is 8.77. The maximum atomic E-state index is 6.23. The van der Waals surface area contributed by atoms with Crippen LogP contribution >= 0.6 is 0 Å². The van der Waals surface area contributed by atoms with Gasteiger partial charge in [0, 0.05) is 5.69 Å². The minimum atomic E-state index is 0.594. The second kappa shape index (κ2) is 5.90. The van der Waals surface area contributed by atoms with Crippen molar-refractivity contribution in [3.05, 3.63) is 42.0 Å². The molecule has 0 aliphatic rings. The molecule has 96 valence electrons. The van der Waals surface area contributed by atoms with E-state index in [1.807, 2.05) is 0 Å². The Morgan fingerprint density at radius 1 is 1.06 bits per heavy atom. The Bertz CT molecular complexity index is 516. The van der Waals surface area contributed by atoms with Crippen LogP contribution in [0.1, 0.15) is 51.0 Å². The van der Waals surface area contributed by atoms with Crippen LogP contribution < -0.4 is 5.73 Å². The van der Waals surface area contributed by atoms with E-state index in [4.69, 9.17) is 5.73 Å². The van der Waals surface area contributed by atoms with E-state index in [9.17, 15) is 0 Å². The number of fused-ring (bicyclic) bond motifs is 1. The molecule has 0 saturated heterocycles. The predicted molar refractivity (Wildman–Crippen MR) is 80.9 cm³/mol. The van der Waals surface area contributed by atoms with Gasteiger partial charge in [-0.3, -0.25) is 0 Å². The van der Waals surface area contributed by atoms with Crippen molar-refractivity contribution in [2.45, 2.75) is 45.4 Å². The monoisotopic (exact) mass is 241 g/mol. The van der Waals surface area contributed by atoms with Crippen molar-refractivity contribution >= 4 is 16.5 Å². The molecule has 0 aromatic heterocycles. The van der Waals surface area contributed by atoms with Crippen LogP contribution in [0.3, 0.4) is 0 Å². The lowest BCUT2D eigenvalue weighted by atomic mass is 9.86. The van der Waals surface area contributed by atoms with Gasteiger partial charge in [0.25, 0.3) is 0 Å². The smallest absolute Gasteiger partial charge is 0.0355 e. The summed E-state index contributed by atoms with van der Waals surface area (Å²) in [5, 5.41) is 2.64. The highest BCUT2D eigenvalue weighted by Gasteiger charge is 2.15. The number of unbranched alkanes of at least 4 members (excludes halogenated alkanes) is 1. The van der Waals surface area contributed by atoms with Crippen LogP contribution in [0, 0.1) is 0 Å². The molecular weight excluding hydrogens is 218 g/mol. The first kappa shape index (κ1) is 12.9. The van der Waals surface area contributed by atoms with Crippen molar-refractivity contribution in [2.75, 3.05) is 5.73 Å². The van der Waals surface area contributed by atoms with Gasteiger partial charge in [-0.1, -0.05) is 57.0 Å². The van der Waals surface area contributed by atoms with Crippen LogP contribution in [-0.4, -0.2) is 0 Å². The summed E-state index contributed by atoms with van der Waals surface area (Å²) in [5.74, 6) is 0.594. The fourth-order valence-electron chi connectivity index (χ4n) is 2.77. The van der Waals surface area contributed by atoms with Crippen LogP contribution in [0.25, 0.3) is 10.8 Å². The quantitative estimate of drug-likeness (QED) is 0.724. The minimum Gasteiger partial charge on any atom is -0.398 e. The third-order valence-electron chi connectivity index (χ3n) is 3.81. The Morgan fingerprint density at radius 2 is 1.83 bits per heavy atom. The van der Waals surface area contributed by atoms with Gasteiger partial charge in [-0.25, -0.2) is 0 Å². The molecule has 1 unspecified atom stereocenters. The summed E-state index contributed by atoms with van der Waals surface area (Å²) in [6.07, 6.45) is 4.94. The summed E-state index contributed by atoms with van der Waals surface area (Å²) in [7, 11) is 0. The number of anilines is 1. The predicted octanol–water partition coefficient (Wildman–Crippen LogP) is 5.11. The number of hydrogen-bond donors (Lipinski definition) is 1. The summed E-state index contributed by atoms with van der Waals surface area (Å²) in [6, 6.07) is 12.8. The number of benzene rings is 2. The highest BCUT2D eigenvalue weighted by atomic mass is 14.6. The van der Waals surface area contributed by atoms with E-state index in [1.165, 1.54) is 35.6 Å². The topological polar surface area (TPSA) is 26.0 Å². The Kier molecular flexibility index (Phi) is 4.24. The maximum Gasteiger partial charge on any atom is 0.0355 e. The molecule has 0 aliphatic heterocycles. The molecule has 2 aromatic rings. The Balaban J connectivity index is 2.49. The average molecular weight is 241 g/mol. The first-order valence-corrected chi connectivity index (χ1v) is 7.05. The molecule has 0 aliphatic carbocycles. The van der Waals surface area contributed by atoms with Gasteiger partial charge in [-0.2, -0.15) is 0 Å². The van der Waals surface area contributed by atoms with Crippen molar-refractivity contribution < 1.29 is 0 Å². The molecule has 0 spiro atoms. The third kappa shape index (κ3) is 2.50. The van der Waals surface area contributed by atoms with E-state index in [0.717, 1.165) is 12.1 Å². The van der Waals surface area contributed by atoms with Gasteiger partial charge in [-0.05, 0) is 41.2 Å². The SMILES string of the molecule is CCCCC(CC)c1c(N)ccc2ccccc12. The van der Waals surface area contributed by atoms with Crippen LogP contribution in [0.15, 0.2) is 36.4 Å². The maximum absolute atomic E-state index is 6.23. The molecule has 1 heteroatoms. The summed E-state index contributed by atoms with van der Waals surface area (Å²) in [6.45, 7) is 4.51. The van der Waals surface area contributed by atoms with Crippen LogP contribution in [-0.2, 0) is 0 Å². The summed E-state index contributed by atoms with van der Waals surface area (Å²) < 4.78 is 0. The summed E-state index contributed by atoms with van der Waals surface area (Å²) >= 11 is 0. The number of nitrogens with two attached hydrogens (primary N) is 1. The lowest BCUT2D eigenvalue weighted by molar-refractivity contribution is 0.574. The van der Waals surface area contributed by atoms with E-state index in [1.54, 1.807) is 0 Å². The van der Waals surface area contributed by atoms with Crippen LogP contribution in [0.2, 0.25) is 0 Å². The lowest BCUT2D eigenvalue weighted by Gasteiger charge is -2.19. The first-order valence-electron chi connectivity index (χ1n) is 7.05. The van der Waals surface area contributed by atoms with E-state index in [2.05, 4.69) is 50.2 Å². The molecule has 1 nitrogen and oxygen atoms in total. The van der Waals surface area contributed by atoms with Crippen molar-refractivity contribution in [1.82, 2.24) is 0 Å². The standard InChI is InChI=1S/C17H23N/c1-3-5-8-13(4-2)17-15-10-7-6-9-14(15)11-12-16(17)18/h6-7,9-13H,3-5,8,18H2,1-2H3. The molecular formula is C17H23N. The molecule has 18 heavy (non-hydrogen) atoms. The van der Waals surface area contributed by atoms with E-state index in [0.29, 0.717) is 5.92 Å². The molecule has 2 rings (SSSR count). The zero-order valence-corrected chi connectivity index (χ0v) is 11.4. The van der Waals surface area contributed by atoms with Gasteiger partial charge in [0.2, 0.25) is 0 Å². The number of nitrogen functional groups attached to an aromatic ring is 1. The van der Waals surface area contributed by atoms with Crippen LogP contribution in [0.4, 0.5) is 5.69 Å². The van der Waals surface area contributed by atoms with Crippen molar-refractivity contribution in [1.29, 1.82) is 0 Å². The molecule has 1 atom stereocenters. The second-order valence-electron chi connectivity index (χ2n) is 5.04. The molecule has 0 amide bonds. The van der Waals surface area contributed by atoms with E-state index >= 15 is 0 Å². The van der Waals surface area contributed by atoms with Gasteiger partial charge in [0.05, 0.1) is 0 Å². The average Bonchev–Trinajstić information content (AvgIpc) is 2.41. The molecule has 0 fully saturated rings. The summed E-state index contributed by atoms with van der Waals surface area (Å²) in [4.78, 5) is 0. The van der Waals surface area contributed by atoms with Gasteiger partial charge in [0.1, 0.15) is 0 Å². The minimum absolute atomic E-state index is 0.594. The van der Waals surface area contributed by atoms with Gasteiger partial charge >= 0.3 is 0 Å². The van der Waals surface area contributed by atoms with E-state index in [-0.39, 0.29) is 0 Å². The number of rotatable bonds is 5.